The Labute approximate surface area is 108 Å². The SMILES string of the molecule is O=C(O)/C(=C/c1ccccc1Cl)c1cccs1. The van der Waals surface area contributed by atoms with Gasteiger partial charge in [-0.2, -0.15) is 0 Å². The van der Waals surface area contributed by atoms with Crippen LogP contribution in [0.5, 0.6) is 0 Å². The molecule has 0 saturated carbocycles. The second-order valence-electron chi connectivity index (χ2n) is 3.36. The molecule has 2 rings (SSSR count). The van der Waals surface area contributed by atoms with Crippen LogP contribution in [0.2, 0.25) is 5.02 Å². The van der Waals surface area contributed by atoms with Crippen molar-refractivity contribution in [3.05, 3.63) is 57.2 Å². The molecule has 1 N–H and O–H groups in total. The summed E-state index contributed by atoms with van der Waals surface area (Å²) in [5.74, 6) is -0.952. The third-order valence-electron chi connectivity index (χ3n) is 2.22. The van der Waals surface area contributed by atoms with Crippen molar-refractivity contribution in [1.29, 1.82) is 0 Å². The predicted octanol–water partition coefficient (Wildman–Crippen LogP) is 4.03. The van der Waals surface area contributed by atoms with Crippen LogP contribution in [0.1, 0.15) is 10.4 Å². The summed E-state index contributed by atoms with van der Waals surface area (Å²) in [6, 6.07) is 10.8. The molecule has 0 radical (unpaired) electrons. The van der Waals surface area contributed by atoms with E-state index in [1.165, 1.54) is 11.3 Å². The highest BCUT2D eigenvalue weighted by atomic mass is 35.5. The maximum atomic E-state index is 11.2. The Bertz CT molecular complexity index is 559. The van der Waals surface area contributed by atoms with Crippen LogP contribution >= 0.6 is 22.9 Å². The molecule has 0 aliphatic carbocycles. The molecule has 0 spiro atoms. The number of carboxylic acid groups (broad SMARTS) is 1. The molecule has 1 aromatic heterocycles. The van der Waals surface area contributed by atoms with Crippen molar-refractivity contribution < 1.29 is 9.90 Å². The van der Waals surface area contributed by atoms with Gasteiger partial charge in [-0.25, -0.2) is 4.79 Å². The van der Waals surface area contributed by atoms with Gasteiger partial charge in [0.1, 0.15) is 0 Å². The van der Waals surface area contributed by atoms with Crippen molar-refractivity contribution in [3.8, 4) is 0 Å². The summed E-state index contributed by atoms with van der Waals surface area (Å²) >= 11 is 7.39. The normalized spacial score (nSPS) is 11.5. The summed E-state index contributed by atoms with van der Waals surface area (Å²) in [5, 5.41) is 11.6. The first-order valence-electron chi connectivity index (χ1n) is 4.92. The molecule has 0 aliphatic heterocycles. The Morgan fingerprint density at radius 3 is 2.59 bits per heavy atom. The van der Waals surface area contributed by atoms with Gasteiger partial charge in [0.05, 0.1) is 5.57 Å². The average Bonchev–Trinajstić information content (AvgIpc) is 2.81. The van der Waals surface area contributed by atoms with E-state index in [1.54, 1.807) is 24.3 Å². The number of carboxylic acids is 1. The van der Waals surface area contributed by atoms with Crippen molar-refractivity contribution in [2.75, 3.05) is 0 Å². The largest absolute Gasteiger partial charge is 0.478 e. The third-order valence-corrected chi connectivity index (χ3v) is 3.47. The Morgan fingerprint density at radius 1 is 1.24 bits per heavy atom. The number of hydrogen-bond donors (Lipinski definition) is 1. The summed E-state index contributed by atoms with van der Waals surface area (Å²) in [5.41, 5.74) is 0.966. The zero-order valence-electron chi connectivity index (χ0n) is 8.76. The molecule has 1 aromatic carbocycles. The fraction of sp³-hybridized carbons (Fsp3) is 0. The van der Waals surface area contributed by atoms with E-state index in [4.69, 9.17) is 11.6 Å². The molecule has 0 bridgehead atoms. The van der Waals surface area contributed by atoms with Gasteiger partial charge in [-0.3, -0.25) is 0 Å². The summed E-state index contributed by atoms with van der Waals surface area (Å²) in [4.78, 5) is 11.9. The molecule has 0 saturated heterocycles. The van der Waals surface area contributed by atoms with Crippen LogP contribution in [0.4, 0.5) is 0 Å². The van der Waals surface area contributed by atoms with Gasteiger partial charge in [0, 0.05) is 9.90 Å². The molecule has 0 unspecified atom stereocenters. The third kappa shape index (κ3) is 2.75. The second-order valence-corrected chi connectivity index (χ2v) is 4.72. The minimum absolute atomic E-state index is 0.258. The van der Waals surface area contributed by atoms with E-state index in [0.717, 1.165) is 4.88 Å². The lowest BCUT2D eigenvalue weighted by atomic mass is 10.1. The first-order valence-corrected chi connectivity index (χ1v) is 6.17. The lowest BCUT2D eigenvalue weighted by Gasteiger charge is -2.01. The van der Waals surface area contributed by atoms with Crippen molar-refractivity contribution in [1.82, 2.24) is 0 Å². The van der Waals surface area contributed by atoms with E-state index < -0.39 is 5.97 Å². The molecule has 2 aromatic rings. The standard InChI is InChI=1S/C13H9ClO2S/c14-11-5-2-1-4-9(11)8-10(13(15)16)12-6-3-7-17-12/h1-8H,(H,15,16)/b10-8+. The van der Waals surface area contributed by atoms with E-state index in [0.29, 0.717) is 10.6 Å². The Morgan fingerprint density at radius 2 is 2.00 bits per heavy atom. The Balaban J connectivity index is 2.48. The molecular formula is C13H9ClO2S. The molecule has 86 valence electrons. The molecule has 4 heteroatoms. The number of rotatable bonds is 3. The number of hydrogen-bond acceptors (Lipinski definition) is 2. The Hall–Kier alpha value is -1.58. The fourth-order valence-electron chi connectivity index (χ4n) is 1.42. The van der Waals surface area contributed by atoms with E-state index in [2.05, 4.69) is 0 Å². The van der Waals surface area contributed by atoms with Gasteiger partial charge < -0.3 is 5.11 Å². The van der Waals surface area contributed by atoms with Crippen molar-refractivity contribution in [2.45, 2.75) is 0 Å². The molecule has 1 heterocycles. The minimum atomic E-state index is -0.952. The van der Waals surface area contributed by atoms with Crippen molar-refractivity contribution in [3.63, 3.8) is 0 Å². The van der Waals surface area contributed by atoms with Gasteiger partial charge in [0.15, 0.2) is 0 Å². The molecule has 0 aliphatic rings. The van der Waals surface area contributed by atoms with Crippen LogP contribution in [0.15, 0.2) is 41.8 Å². The van der Waals surface area contributed by atoms with Crippen LogP contribution in [0.25, 0.3) is 11.6 Å². The van der Waals surface area contributed by atoms with Crippen LogP contribution in [0.3, 0.4) is 0 Å². The van der Waals surface area contributed by atoms with E-state index in [-0.39, 0.29) is 5.57 Å². The molecule has 0 fully saturated rings. The molecular weight excluding hydrogens is 256 g/mol. The second kappa shape index (κ2) is 5.17. The molecule has 17 heavy (non-hydrogen) atoms. The molecule has 0 amide bonds. The highest BCUT2D eigenvalue weighted by molar-refractivity contribution is 7.11. The fourth-order valence-corrected chi connectivity index (χ4v) is 2.34. The van der Waals surface area contributed by atoms with E-state index in [1.807, 2.05) is 23.6 Å². The number of carbonyl (C=O) groups is 1. The molecule has 0 atom stereocenters. The topological polar surface area (TPSA) is 37.3 Å². The number of halogens is 1. The van der Waals surface area contributed by atoms with Gasteiger partial charge in [-0.05, 0) is 29.2 Å². The van der Waals surface area contributed by atoms with Crippen LogP contribution in [-0.4, -0.2) is 11.1 Å². The maximum Gasteiger partial charge on any atom is 0.337 e. The smallest absolute Gasteiger partial charge is 0.337 e. The summed E-state index contributed by atoms with van der Waals surface area (Å²) in [6.45, 7) is 0. The van der Waals surface area contributed by atoms with E-state index in [9.17, 15) is 9.90 Å². The predicted molar refractivity (Wildman–Crippen MR) is 71.3 cm³/mol. The van der Waals surface area contributed by atoms with Gasteiger partial charge in [0.25, 0.3) is 0 Å². The monoisotopic (exact) mass is 264 g/mol. The van der Waals surface area contributed by atoms with Gasteiger partial charge in [-0.15, -0.1) is 11.3 Å². The zero-order valence-corrected chi connectivity index (χ0v) is 10.3. The average molecular weight is 265 g/mol. The van der Waals surface area contributed by atoms with Gasteiger partial charge in [-0.1, -0.05) is 35.9 Å². The van der Waals surface area contributed by atoms with Gasteiger partial charge in [0.2, 0.25) is 0 Å². The van der Waals surface area contributed by atoms with Crippen molar-refractivity contribution in [2.24, 2.45) is 0 Å². The Kier molecular flexibility index (Phi) is 3.61. The highest BCUT2D eigenvalue weighted by Gasteiger charge is 2.11. The lowest BCUT2D eigenvalue weighted by Crippen LogP contribution is -1.97. The summed E-state index contributed by atoms with van der Waals surface area (Å²) < 4.78 is 0. The van der Waals surface area contributed by atoms with Crippen molar-refractivity contribution >= 4 is 40.6 Å². The molecule has 2 nitrogen and oxygen atoms in total. The number of thiophene rings is 1. The zero-order chi connectivity index (χ0) is 12.3. The first kappa shape index (κ1) is 11.9. The quantitative estimate of drug-likeness (QED) is 0.850. The first-order chi connectivity index (χ1) is 8.18. The lowest BCUT2D eigenvalue weighted by molar-refractivity contribution is -0.130. The van der Waals surface area contributed by atoms with Crippen LogP contribution in [0, 0.1) is 0 Å². The number of benzene rings is 1. The van der Waals surface area contributed by atoms with E-state index >= 15 is 0 Å². The van der Waals surface area contributed by atoms with Gasteiger partial charge >= 0.3 is 5.97 Å². The summed E-state index contributed by atoms with van der Waals surface area (Å²) in [7, 11) is 0. The highest BCUT2D eigenvalue weighted by Crippen LogP contribution is 2.25. The minimum Gasteiger partial charge on any atom is -0.478 e. The summed E-state index contributed by atoms with van der Waals surface area (Å²) in [6.07, 6.45) is 1.59. The van der Waals surface area contributed by atoms with Crippen LogP contribution < -0.4 is 0 Å². The number of aliphatic carboxylic acids is 1. The maximum absolute atomic E-state index is 11.2. The van der Waals surface area contributed by atoms with Crippen LogP contribution in [-0.2, 0) is 4.79 Å².